The smallest absolute Gasteiger partial charge is 0.227 e. The fourth-order valence-electron chi connectivity index (χ4n) is 0.645. The van der Waals surface area contributed by atoms with Gasteiger partial charge in [0.25, 0.3) is 0 Å². The molecule has 0 fully saturated rings. The van der Waals surface area contributed by atoms with Crippen molar-refractivity contribution in [3.05, 3.63) is 20.3 Å². The summed E-state index contributed by atoms with van der Waals surface area (Å²) in [6.45, 7) is 2.60. The van der Waals surface area contributed by atoms with E-state index in [0.717, 1.165) is 8.04 Å². The Hall–Kier alpha value is 0.160. The molecular formula is C7H7BrINO. The molecule has 0 aliphatic rings. The Balaban J connectivity index is 2.90. The van der Waals surface area contributed by atoms with Crippen LogP contribution in [0.5, 0.6) is 5.88 Å². The molecule has 1 rings (SSSR count). The minimum atomic E-state index is 0.657. The van der Waals surface area contributed by atoms with Crippen molar-refractivity contribution in [1.82, 2.24) is 4.98 Å². The molecule has 0 saturated carbocycles. The highest BCUT2D eigenvalue weighted by Crippen LogP contribution is 2.21. The van der Waals surface area contributed by atoms with Crippen molar-refractivity contribution in [3.63, 3.8) is 0 Å². The summed E-state index contributed by atoms with van der Waals surface area (Å²) < 4.78 is 7.26. The first-order chi connectivity index (χ1) is 5.24. The average molecular weight is 328 g/mol. The van der Waals surface area contributed by atoms with Gasteiger partial charge in [-0.25, -0.2) is 4.98 Å². The van der Waals surface area contributed by atoms with Gasteiger partial charge in [0.15, 0.2) is 0 Å². The van der Waals surface area contributed by atoms with Gasteiger partial charge in [-0.2, -0.15) is 0 Å². The lowest BCUT2D eigenvalue weighted by atomic mass is 10.5. The van der Waals surface area contributed by atoms with Gasteiger partial charge in [0.1, 0.15) is 0 Å². The minimum absolute atomic E-state index is 0.657. The number of pyridine rings is 1. The highest BCUT2D eigenvalue weighted by atomic mass is 127. The Kier molecular flexibility index (Phi) is 3.58. The standard InChI is InChI=1S/C7H7BrINO/c1-2-11-7-6(9)3-5(8)4-10-7/h3-4H,2H2,1H3. The first kappa shape index (κ1) is 9.25. The molecule has 4 heteroatoms. The normalized spacial score (nSPS) is 9.73. The largest absolute Gasteiger partial charge is 0.477 e. The molecule has 0 saturated heterocycles. The van der Waals surface area contributed by atoms with E-state index in [1.165, 1.54) is 0 Å². The van der Waals surface area contributed by atoms with Gasteiger partial charge < -0.3 is 4.74 Å². The van der Waals surface area contributed by atoms with Crippen molar-refractivity contribution in [1.29, 1.82) is 0 Å². The predicted octanol–water partition coefficient (Wildman–Crippen LogP) is 2.85. The predicted molar refractivity (Wildman–Crippen MR) is 55.8 cm³/mol. The SMILES string of the molecule is CCOc1ncc(Br)cc1I. The number of aromatic nitrogens is 1. The second-order valence-corrected chi connectivity index (χ2v) is 3.95. The second-order valence-electron chi connectivity index (χ2n) is 1.87. The number of hydrogen-bond acceptors (Lipinski definition) is 2. The summed E-state index contributed by atoms with van der Waals surface area (Å²) in [4.78, 5) is 4.09. The van der Waals surface area contributed by atoms with E-state index in [2.05, 4.69) is 43.5 Å². The Labute approximate surface area is 87.6 Å². The van der Waals surface area contributed by atoms with Gasteiger partial charge >= 0.3 is 0 Å². The highest BCUT2D eigenvalue weighted by Gasteiger charge is 2.00. The molecule has 60 valence electrons. The number of rotatable bonds is 2. The van der Waals surface area contributed by atoms with E-state index in [9.17, 15) is 0 Å². The molecule has 0 spiro atoms. The van der Waals surface area contributed by atoms with E-state index in [0.29, 0.717) is 12.5 Å². The van der Waals surface area contributed by atoms with Crippen LogP contribution in [-0.2, 0) is 0 Å². The van der Waals surface area contributed by atoms with Gasteiger partial charge in [0, 0.05) is 10.7 Å². The quantitative estimate of drug-likeness (QED) is 0.779. The van der Waals surface area contributed by atoms with Crippen LogP contribution >= 0.6 is 38.5 Å². The summed E-state index contributed by atoms with van der Waals surface area (Å²) in [5.41, 5.74) is 0. The zero-order chi connectivity index (χ0) is 8.27. The fourth-order valence-corrected chi connectivity index (χ4v) is 2.03. The second kappa shape index (κ2) is 4.25. The maximum absolute atomic E-state index is 5.25. The van der Waals surface area contributed by atoms with Crippen molar-refractivity contribution < 1.29 is 4.74 Å². The number of hydrogen-bond donors (Lipinski definition) is 0. The summed E-state index contributed by atoms with van der Waals surface area (Å²) >= 11 is 5.52. The van der Waals surface area contributed by atoms with Crippen LogP contribution in [-0.4, -0.2) is 11.6 Å². The molecule has 0 N–H and O–H groups in total. The molecule has 11 heavy (non-hydrogen) atoms. The van der Waals surface area contributed by atoms with E-state index in [-0.39, 0.29) is 0 Å². The zero-order valence-corrected chi connectivity index (χ0v) is 9.72. The molecule has 2 nitrogen and oxygen atoms in total. The maximum atomic E-state index is 5.25. The molecule has 0 bridgehead atoms. The molecule has 0 unspecified atom stereocenters. The van der Waals surface area contributed by atoms with Crippen LogP contribution in [0.15, 0.2) is 16.7 Å². The Morgan fingerprint density at radius 1 is 1.73 bits per heavy atom. The molecule has 0 radical (unpaired) electrons. The fraction of sp³-hybridized carbons (Fsp3) is 0.286. The number of ether oxygens (including phenoxy) is 1. The minimum Gasteiger partial charge on any atom is -0.477 e. The van der Waals surface area contributed by atoms with Gasteiger partial charge in [0.05, 0.1) is 10.2 Å². The van der Waals surface area contributed by atoms with Gasteiger partial charge in [-0.05, 0) is 51.5 Å². The van der Waals surface area contributed by atoms with E-state index in [1.54, 1.807) is 6.20 Å². The lowest BCUT2D eigenvalue weighted by molar-refractivity contribution is 0.324. The van der Waals surface area contributed by atoms with Gasteiger partial charge in [-0.3, -0.25) is 0 Å². The third-order valence-corrected chi connectivity index (χ3v) is 2.26. The van der Waals surface area contributed by atoms with Crippen LogP contribution in [0.2, 0.25) is 0 Å². The molecular weight excluding hydrogens is 321 g/mol. The summed E-state index contributed by atoms with van der Waals surface area (Å²) in [5.74, 6) is 0.705. The third kappa shape index (κ3) is 2.59. The first-order valence-electron chi connectivity index (χ1n) is 3.18. The molecule has 1 heterocycles. The van der Waals surface area contributed by atoms with Crippen LogP contribution < -0.4 is 4.74 Å². The third-order valence-electron chi connectivity index (χ3n) is 1.06. The van der Waals surface area contributed by atoms with Crippen LogP contribution in [0.1, 0.15) is 6.92 Å². The molecule has 0 atom stereocenters. The van der Waals surface area contributed by atoms with Crippen molar-refractivity contribution in [2.24, 2.45) is 0 Å². The van der Waals surface area contributed by atoms with Gasteiger partial charge in [-0.1, -0.05) is 0 Å². The van der Waals surface area contributed by atoms with Gasteiger partial charge in [0.2, 0.25) is 5.88 Å². The van der Waals surface area contributed by atoms with Crippen molar-refractivity contribution >= 4 is 38.5 Å². The monoisotopic (exact) mass is 327 g/mol. The summed E-state index contributed by atoms with van der Waals surface area (Å²) in [6, 6.07) is 1.97. The van der Waals surface area contributed by atoms with Crippen LogP contribution in [0, 0.1) is 3.57 Å². The lowest BCUT2D eigenvalue weighted by Crippen LogP contribution is -1.96. The molecule has 0 aliphatic heterocycles. The van der Waals surface area contributed by atoms with E-state index in [1.807, 2.05) is 13.0 Å². The van der Waals surface area contributed by atoms with E-state index in [4.69, 9.17) is 4.74 Å². The van der Waals surface area contributed by atoms with Crippen molar-refractivity contribution in [3.8, 4) is 5.88 Å². The van der Waals surface area contributed by atoms with Crippen LogP contribution in [0.3, 0.4) is 0 Å². The first-order valence-corrected chi connectivity index (χ1v) is 5.05. The molecule has 1 aromatic rings. The van der Waals surface area contributed by atoms with Crippen molar-refractivity contribution in [2.75, 3.05) is 6.61 Å². The maximum Gasteiger partial charge on any atom is 0.227 e. The molecule has 0 amide bonds. The van der Waals surface area contributed by atoms with Crippen molar-refractivity contribution in [2.45, 2.75) is 6.92 Å². The summed E-state index contributed by atoms with van der Waals surface area (Å²) in [5, 5.41) is 0. The Morgan fingerprint density at radius 2 is 2.45 bits per heavy atom. The van der Waals surface area contributed by atoms with E-state index >= 15 is 0 Å². The van der Waals surface area contributed by atoms with E-state index < -0.39 is 0 Å². The van der Waals surface area contributed by atoms with Crippen LogP contribution in [0.4, 0.5) is 0 Å². The zero-order valence-electron chi connectivity index (χ0n) is 5.97. The van der Waals surface area contributed by atoms with Gasteiger partial charge in [-0.15, -0.1) is 0 Å². The topological polar surface area (TPSA) is 22.1 Å². The van der Waals surface area contributed by atoms with Crippen LogP contribution in [0.25, 0.3) is 0 Å². The molecule has 0 aromatic carbocycles. The molecule has 1 aromatic heterocycles. The average Bonchev–Trinajstić information content (AvgIpc) is 1.95. The highest BCUT2D eigenvalue weighted by molar-refractivity contribution is 14.1. The summed E-state index contributed by atoms with van der Waals surface area (Å²) in [6.07, 6.45) is 1.73. The lowest BCUT2D eigenvalue weighted by Gasteiger charge is -2.03. The Bertz CT molecular complexity index is 254. The molecule has 0 aliphatic carbocycles. The number of nitrogens with zero attached hydrogens (tertiary/aromatic N) is 1. The Morgan fingerprint density at radius 3 is 3.00 bits per heavy atom. The summed E-state index contributed by atoms with van der Waals surface area (Å²) in [7, 11) is 0. The number of halogens is 2.